The van der Waals surface area contributed by atoms with Gasteiger partial charge in [0.1, 0.15) is 5.41 Å². The van der Waals surface area contributed by atoms with Gasteiger partial charge in [-0.05, 0) is 30.0 Å². The molecule has 1 aromatic rings. The number of benzene rings is 1. The summed E-state index contributed by atoms with van der Waals surface area (Å²) in [4.78, 5) is 0. The van der Waals surface area contributed by atoms with Crippen LogP contribution in [0.25, 0.3) is 0 Å². The molecule has 1 aliphatic heterocycles. The summed E-state index contributed by atoms with van der Waals surface area (Å²) in [6.45, 7) is 7.19. The maximum absolute atomic E-state index is 9.07. The fourth-order valence-corrected chi connectivity index (χ4v) is 2.18. The first-order chi connectivity index (χ1) is 9.15. The van der Waals surface area contributed by atoms with Crippen LogP contribution in [0.5, 0.6) is 0 Å². The van der Waals surface area contributed by atoms with Gasteiger partial charge in [0.15, 0.2) is 0 Å². The minimum atomic E-state index is -0.276. The van der Waals surface area contributed by atoms with Crippen molar-refractivity contribution in [1.82, 2.24) is 5.32 Å². The first-order valence-corrected chi connectivity index (χ1v) is 6.94. The quantitative estimate of drug-likeness (QED) is 0.797. The third-order valence-corrected chi connectivity index (χ3v) is 3.69. The lowest BCUT2D eigenvalue weighted by Crippen LogP contribution is -2.48. The molecule has 1 N–H and O–H groups in total. The van der Waals surface area contributed by atoms with Crippen LogP contribution in [0.1, 0.15) is 30.9 Å². The molecule has 0 unspecified atom stereocenters. The fourth-order valence-electron chi connectivity index (χ4n) is 2.18. The van der Waals surface area contributed by atoms with Gasteiger partial charge >= 0.3 is 0 Å². The maximum Gasteiger partial charge on any atom is 0.116 e. The summed E-state index contributed by atoms with van der Waals surface area (Å²) in [7, 11) is 0. The molecule has 1 aliphatic rings. The topological polar surface area (TPSA) is 45.0 Å². The molecule has 1 aromatic carbocycles. The van der Waals surface area contributed by atoms with E-state index in [9.17, 15) is 0 Å². The Morgan fingerprint density at radius 1 is 1.32 bits per heavy atom. The molecular formula is C16H22N2O. The average Bonchev–Trinajstić information content (AvgIpc) is 2.37. The predicted octanol–water partition coefficient (Wildman–Crippen LogP) is 2.48. The van der Waals surface area contributed by atoms with Crippen molar-refractivity contribution in [3.05, 3.63) is 35.4 Å². The van der Waals surface area contributed by atoms with Crippen LogP contribution in [0.4, 0.5) is 0 Å². The lowest BCUT2D eigenvalue weighted by atomic mass is 9.88. The van der Waals surface area contributed by atoms with E-state index < -0.39 is 0 Å². The molecule has 1 saturated heterocycles. The summed E-state index contributed by atoms with van der Waals surface area (Å²) in [5.74, 6) is 0.585. The summed E-state index contributed by atoms with van der Waals surface area (Å²) in [6, 6.07) is 11.2. The molecule has 0 bridgehead atoms. The first kappa shape index (κ1) is 14.0. The third-order valence-electron chi connectivity index (χ3n) is 3.69. The Labute approximate surface area is 115 Å². The molecule has 0 saturated carbocycles. The van der Waals surface area contributed by atoms with Crippen LogP contribution < -0.4 is 5.32 Å². The van der Waals surface area contributed by atoms with Gasteiger partial charge in [0.2, 0.25) is 0 Å². The fraction of sp³-hybridized carbons (Fsp3) is 0.562. The molecule has 1 heterocycles. The summed E-state index contributed by atoms with van der Waals surface area (Å²) in [6.07, 6.45) is 1.00. The first-order valence-electron chi connectivity index (χ1n) is 6.94. The zero-order valence-electron chi connectivity index (χ0n) is 11.8. The van der Waals surface area contributed by atoms with E-state index in [2.05, 4.69) is 49.5 Å². The van der Waals surface area contributed by atoms with Crippen molar-refractivity contribution < 1.29 is 4.74 Å². The Morgan fingerprint density at radius 3 is 2.47 bits per heavy atom. The second-order valence-electron chi connectivity index (χ2n) is 5.71. The van der Waals surface area contributed by atoms with E-state index in [4.69, 9.17) is 10.00 Å². The van der Waals surface area contributed by atoms with Crippen molar-refractivity contribution >= 4 is 0 Å². The SMILES string of the molecule is CC(C)c1ccc(CCNCC2(C#N)COC2)cc1. The molecule has 2 rings (SSSR count). The molecule has 0 spiro atoms. The van der Waals surface area contributed by atoms with Gasteiger partial charge in [-0.25, -0.2) is 0 Å². The van der Waals surface area contributed by atoms with Crippen LogP contribution in [0.3, 0.4) is 0 Å². The molecule has 0 radical (unpaired) electrons. The number of ether oxygens (including phenoxy) is 1. The number of hydrogen-bond acceptors (Lipinski definition) is 3. The molecule has 1 fully saturated rings. The van der Waals surface area contributed by atoms with Crippen LogP contribution >= 0.6 is 0 Å². The lowest BCUT2D eigenvalue weighted by Gasteiger charge is -2.35. The van der Waals surface area contributed by atoms with Gasteiger partial charge in [-0.2, -0.15) is 5.26 Å². The van der Waals surface area contributed by atoms with E-state index in [-0.39, 0.29) is 5.41 Å². The molecule has 0 aromatic heterocycles. The van der Waals surface area contributed by atoms with Gasteiger partial charge < -0.3 is 10.1 Å². The Balaban J connectivity index is 1.72. The van der Waals surface area contributed by atoms with Gasteiger partial charge in [0.25, 0.3) is 0 Å². The van der Waals surface area contributed by atoms with E-state index in [1.165, 1.54) is 11.1 Å². The summed E-state index contributed by atoms with van der Waals surface area (Å²) < 4.78 is 5.12. The Kier molecular flexibility index (Phi) is 4.57. The van der Waals surface area contributed by atoms with E-state index in [1.807, 2.05) is 0 Å². The molecule has 0 atom stereocenters. The Hall–Kier alpha value is -1.37. The van der Waals surface area contributed by atoms with E-state index in [0.717, 1.165) is 19.5 Å². The van der Waals surface area contributed by atoms with Crippen molar-refractivity contribution in [1.29, 1.82) is 5.26 Å². The van der Waals surface area contributed by atoms with Crippen LogP contribution in [0.2, 0.25) is 0 Å². The van der Waals surface area contributed by atoms with Crippen molar-refractivity contribution in [3.8, 4) is 6.07 Å². The van der Waals surface area contributed by atoms with Crippen LogP contribution in [0.15, 0.2) is 24.3 Å². The van der Waals surface area contributed by atoms with E-state index in [0.29, 0.717) is 19.1 Å². The zero-order valence-corrected chi connectivity index (χ0v) is 11.8. The monoisotopic (exact) mass is 258 g/mol. The van der Waals surface area contributed by atoms with Crippen LogP contribution in [-0.4, -0.2) is 26.3 Å². The molecule has 102 valence electrons. The molecular weight excluding hydrogens is 236 g/mol. The van der Waals surface area contributed by atoms with Crippen molar-refractivity contribution in [2.45, 2.75) is 26.2 Å². The third kappa shape index (κ3) is 3.56. The smallest absolute Gasteiger partial charge is 0.116 e. The summed E-state index contributed by atoms with van der Waals surface area (Å²) in [5.41, 5.74) is 2.45. The maximum atomic E-state index is 9.07. The van der Waals surface area contributed by atoms with E-state index >= 15 is 0 Å². The number of nitrogens with one attached hydrogen (secondary N) is 1. The van der Waals surface area contributed by atoms with Gasteiger partial charge in [0, 0.05) is 6.54 Å². The number of nitrogens with zero attached hydrogens (tertiary/aromatic N) is 1. The number of hydrogen-bond donors (Lipinski definition) is 1. The number of nitriles is 1. The molecule has 19 heavy (non-hydrogen) atoms. The van der Waals surface area contributed by atoms with Gasteiger partial charge in [0.05, 0.1) is 19.3 Å². The van der Waals surface area contributed by atoms with Crippen molar-refractivity contribution in [2.75, 3.05) is 26.3 Å². The summed E-state index contributed by atoms with van der Waals surface area (Å²) >= 11 is 0. The highest BCUT2D eigenvalue weighted by Crippen LogP contribution is 2.25. The van der Waals surface area contributed by atoms with Gasteiger partial charge in [-0.15, -0.1) is 0 Å². The minimum Gasteiger partial charge on any atom is -0.378 e. The normalized spacial score (nSPS) is 16.9. The Morgan fingerprint density at radius 2 is 2.00 bits per heavy atom. The molecule has 0 aliphatic carbocycles. The summed E-state index contributed by atoms with van der Waals surface area (Å²) in [5, 5.41) is 12.4. The Bertz CT molecular complexity index is 441. The highest BCUT2D eigenvalue weighted by Gasteiger charge is 2.38. The largest absolute Gasteiger partial charge is 0.378 e. The molecule has 3 heteroatoms. The minimum absolute atomic E-state index is 0.276. The van der Waals surface area contributed by atoms with Gasteiger partial charge in [-0.3, -0.25) is 0 Å². The number of rotatable bonds is 6. The highest BCUT2D eigenvalue weighted by atomic mass is 16.5. The van der Waals surface area contributed by atoms with Crippen LogP contribution in [0, 0.1) is 16.7 Å². The van der Waals surface area contributed by atoms with E-state index in [1.54, 1.807) is 0 Å². The lowest BCUT2D eigenvalue weighted by molar-refractivity contribution is -0.0752. The predicted molar refractivity (Wildman–Crippen MR) is 76.0 cm³/mol. The highest BCUT2D eigenvalue weighted by molar-refractivity contribution is 5.24. The second-order valence-corrected chi connectivity index (χ2v) is 5.71. The zero-order chi connectivity index (χ0) is 13.7. The van der Waals surface area contributed by atoms with Gasteiger partial charge in [-0.1, -0.05) is 38.1 Å². The molecule has 0 amide bonds. The molecule has 3 nitrogen and oxygen atoms in total. The van der Waals surface area contributed by atoms with Crippen molar-refractivity contribution in [3.63, 3.8) is 0 Å². The average molecular weight is 258 g/mol. The van der Waals surface area contributed by atoms with Crippen molar-refractivity contribution in [2.24, 2.45) is 5.41 Å². The second kappa shape index (κ2) is 6.18. The van der Waals surface area contributed by atoms with Crippen LogP contribution in [-0.2, 0) is 11.2 Å². The standard InChI is InChI=1S/C16H22N2O/c1-13(2)15-5-3-14(4-6-15)7-8-18-10-16(9-17)11-19-12-16/h3-6,13,18H,7-8,10-12H2,1-2H3.